The van der Waals surface area contributed by atoms with Crippen LogP contribution in [0.3, 0.4) is 0 Å². The zero-order valence-corrected chi connectivity index (χ0v) is 17.7. The van der Waals surface area contributed by atoms with Crippen LogP contribution in [0, 0.1) is 5.82 Å². The van der Waals surface area contributed by atoms with Crippen molar-refractivity contribution in [2.24, 2.45) is 5.73 Å². The van der Waals surface area contributed by atoms with Crippen LogP contribution in [0.5, 0.6) is 0 Å². The van der Waals surface area contributed by atoms with E-state index in [9.17, 15) is 17.6 Å². The molecule has 1 aromatic heterocycles. The lowest BCUT2D eigenvalue weighted by Crippen LogP contribution is -2.27. The van der Waals surface area contributed by atoms with Gasteiger partial charge in [0.15, 0.2) is 0 Å². The number of hydrogen-bond acceptors (Lipinski definition) is 6. The lowest BCUT2D eigenvalue weighted by Gasteiger charge is -2.11. The molecule has 3 aromatic rings. The van der Waals surface area contributed by atoms with Crippen molar-refractivity contribution in [3.05, 3.63) is 93.5 Å². The van der Waals surface area contributed by atoms with Gasteiger partial charge in [0.05, 0.1) is 25.1 Å². The monoisotopic (exact) mass is 443 g/mol. The van der Waals surface area contributed by atoms with Crippen LogP contribution in [0.25, 0.3) is 17.3 Å². The van der Waals surface area contributed by atoms with Crippen molar-refractivity contribution < 1.29 is 17.0 Å². The average molecular weight is 444 g/mol. The van der Waals surface area contributed by atoms with Crippen molar-refractivity contribution in [2.45, 2.75) is 19.7 Å². The molecule has 0 aliphatic carbocycles. The molecule has 0 aliphatic rings. The summed E-state index contributed by atoms with van der Waals surface area (Å²) in [5.41, 5.74) is 7.39. The molecule has 0 atom stereocenters. The lowest BCUT2D eigenvalue weighted by molar-refractivity contribution is 0.308. The van der Waals surface area contributed by atoms with Crippen LogP contribution in [0.2, 0.25) is 0 Å². The number of rotatable bonds is 8. The van der Waals surface area contributed by atoms with Crippen LogP contribution in [-0.2, 0) is 34.0 Å². The van der Waals surface area contributed by atoms with Crippen molar-refractivity contribution in [1.82, 2.24) is 9.78 Å². The third-order valence-electron chi connectivity index (χ3n) is 4.43. The maximum Gasteiger partial charge on any atom is 0.272 e. The number of nitrogens with two attached hydrogens (primary N) is 1. The highest BCUT2D eigenvalue weighted by Gasteiger charge is 2.13. The summed E-state index contributed by atoms with van der Waals surface area (Å²) in [4.78, 5) is 12.8. The van der Waals surface area contributed by atoms with Gasteiger partial charge in [-0.3, -0.25) is 8.98 Å². The van der Waals surface area contributed by atoms with Crippen LogP contribution >= 0.6 is 0 Å². The minimum atomic E-state index is -3.75. The van der Waals surface area contributed by atoms with Crippen LogP contribution < -0.4 is 11.3 Å². The molecule has 9 heteroatoms. The second-order valence-electron chi connectivity index (χ2n) is 6.83. The van der Waals surface area contributed by atoms with E-state index in [0.717, 1.165) is 11.8 Å². The molecule has 0 saturated carbocycles. The summed E-state index contributed by atoms with van der Waals surface area (Å²) in [6, 6.07) is 15.3. The molecule has 2 N–H and O–H groups in total. The zero-order valence-electron chi connectivity index (χ0n) is 16.9. The van der Waals surface area contributed by atoms with Crippen LogP contribution in [0.1, 0.15) is 16.7 Å². The number of allylic oxidation sites excluding steroid dienone is 1. The van der Waals surface area contributed by atoms with E-state index in [1.807, 2.05) is 36.4 Å². The van der Waals surface area contributed by atoms with Gasteiger partial charge in [0.1, 0.15) is 5.82 Å². The molecule has 0 unspecified atom stereocenters. The molecule has 0 aliphatic heterocycles. The highest BCUT2D eigenvalue weighted by atomic mass is 32.2. The Labute approximate surface area is 179 Å². The third kappa shape index (κ3) is 6.17. The van der Waals surface area contributed by atoms with E-state index in [1.165, 1.54) is 22.9 Å². The molecule has 1 heterocycles. The summed E-state index contributed by atoms with van der Waals surface area (Å²) in [7, 11) is -3.75. The Hall–Kier alpha value is -3.14. The summed E-state index contributed by atoms with van der Waals surface area (Å²) in [5.74, 6) is -0.439. The van der Waals surface area contributed by atoms with Gasteiger partial charge < -0.3 is 5.73 Å². The summed E-state index contributed by atoms with van der Waals surface area (Å²) in [6.07, 6.45) is 4.52. The first-order chi connectivity index (χ1) is 14.8. The van der Waals surface area contributed by atoms with Gasteiger partial charge in [-0.2, -0.15) is 13.5 Å². The summed E-state index contributed by atoms with van der Waals surface area (Å²) in [5, 5.41) is 4.37. The van der Waals surface area contributed by atoms with Crippen molar-refractivity contribution in [2.75, 3.05) is 6.26 Å². The second kappa shape index (κ2) is 9.78. The van der Waals surface area contributed by atoms with E-state index in [-0.39, 0.29) is 18.7 Å². The van der Waals surface area contributed by atoms with Crippen LogP contribution in [0.15, 0.2) is 65.5 Å². The summed E-state index contributed by atoms with van der Waals surface area (Å²) < 4.78 is 42.6. The van der Waals surface area contributed by atoms with E-state index in [2.05, 4.69) is 5.10 Å². The lowest BCUT2D eigenvalue weighted by atomic mass is 10.1. The molecule has 2 aromatic carbocycles. The predicted molar refractivity (Wildman–Crippen MR) is 117 cm³/mol. The molecular formula is C22H22FN3O4S. The fraction of sp³-hybridized carbons (Fsp3) is 0.182. The molecular weight excluding hydrogens is 421 g/mol. The summed E-state index contributed by atoms with van der Waals surface area (Å²) in [6.45, 7) is -0.276. The SMILES string of the molecule is CS(=O)(=O)OCc1cc(-c2ccc(F)c(CN)c2)nn(C/C=C/c2ccccc2)c1=O. The molecule has 0 amide bonds. The predicted octanol–water partition coefficient (Wildman–Crippen LogP) is 2.70. The number of halogens is 1. The maximum absolute atomic E-state index is 13.8. The van der Waals surface area contributed by atoms with Crippen LogP contribution in [0.4, 0.5) is 4.39 Å². The minimum Gasteiger partial charge on any atom is -0.326 e. The van der Waals surface area contributed by atoms with Gasteiger partial charge in [0.25, 0.3) is 15.7 Å². The fourth-order valence-electron chi connectivity index (χ4n) is 2.88. The molecule has 0 fully saturated rings. The van der Waals surface area contributed by atoms with Crippen molar-refractivity contribution in [3.8, 4) is 11.3 Å². The topological polar surface area (TPSA) is 104 Å². The Morgan fingerprint density at radius 2 is 1.87 bits per heavy atom. The van der Waals surface area contributed by atoms with Gasteiger partial charge in [-0.25, -0.2) is 9.07 Å². The van der Waals surface area contributed by atoms with Gasteiger partial charge in [-0.1, -0.05) is 42.5 Å². The normalized spacial score (nSPS) is 11.8. The zero-order chi connectivity index (χ0) is 22.4. The van der Waals surface area contributed by atoms with Crippen molar-refractivity contribution in [1.29, 1.82) is 0 Å². The Morgan fingerprint density at radius 3 is 2.55 bits per heavy atom. The van der Waals surface area contributed by atoms with Gasteiger partial charge in [-0.05, 0) is 29.8 Å². The average Bonchev–Trinajstić information content (AvgIpc) is 2.74. The van der Waals surface area contributed by atoms with E-state index in [1.54, 1.807) is 12.1 Å². The van der Waals surface area contributed by atoms with E-state index in [0.29, 0.717) is 16.8 Å². The van der Waals surface area contributed by atoms with E-state index < -0.39 is 28.1 Å². The number of nitrogens with zero attached hydrogens (tertiary/aromatic N) is 2. The molecule has 31 heavy (non-hydrogen) atoms. The molecule has 3 rings (SSSR count). The van der Waals surface area contributed by atoms with Gasteiger partial charge >= 0.3 is 0 Å². The third-order valence-corrected chi connectivity index (χ3v) is 4.97. The van der Waals surface area contributed by atoms with Crippen molar-refractivity contribution >= 4 is 16.2 Å². The van der Waals surface area contributed by atoms with Gasteiger partial charge in [0.2, 0.25) is 0 Å². The quantitative estimate of drug-likeness (QED) is 0.537. The summed E-state index contributed by atoms with van der Waals surface area (Å²) >= 11 is 0. The molecule has 0 spiro atoms. The van der Waals surface area contributed by atoms with Crippen molar-refractivity contribution in [3.63, 3.8) is 0 Å². The molecule has 162 valence electrons. The van der Waals surface area contributed by atoms with E-state index >= 15 is 0 Å². The van der Waals surface area contributed by atoms with Gasteiger partial charge in [-0.15, -0.1) is 0 Å². The van der Waals surface area contributed by atoms with Crippen LogP contribution in [-0.4, -0.2) is 24.5 Å². The number of aromatic nitrogens is 2. The maximum atomic E-state index is 13.8. The minimum absolute atomic E-state index is 0.00315. The Balaban J connectivity index is 2.01. The standard InChI is InChI=1S/C22H22FN3O4S/c1-31(28,29)30-15-19-13-21(17-9-10-20(23)18(12-17)14-24)25-26(22(19)27)11-5-8-16-6-3-2-4-7-16/h2-10,12-13H,11,14-15,24H2,1H3/b8-5+. The molecule has 0 saturated heterocycles. The largest absolute Gasteiger partial charge is 0.326 e. The highest BCUT2D eigenvalue weighted by molar-refractivity contribution is 7.85. The first-order valence-corrected chi connectivity index (χ1v) is 11.2. The Bertz CT molecular complexity index is 1260. The fourth-order valence-corrected chi connectivity index (χ4v) is 3.22. The Kier molecular flexibility index (Phi) is 7.11. The highest BCUT2D eigenvalue weighted by Crippen LogP contribution is 2.20. The molecule has 7 nitrogen and oxygen atoms in total. The molecule has 0 bridgehead atoms. The first-order valence-electron chi connectivity index (χ1n) is 9.43. The van der Waals surface area contributed by atoms with Gasteiger partial charge in [0, 0.05) is 23.2 Å². The van der Waals surface area contributed by atoms with E-state index in [4.69, 9.17) is 9.92 Å². The Morgan fingerprint density at radius 1 is 1.13 bits per heavy atom. The second-order valence-corrected chi connectivity index (χ2v) is 8.48. The number of hydrogen-bond donors (Lipinski definition) is 1. The molecule has 0 radical (unpaired) electrons. The number of benzene rings is 2. The smallest absolute Gasteiger partial charge is 0.272 e. The first kappa shape index (κ1) is 22.5.